The van der Waals surface area contributed by atoms with Gasteiger partial charge in [-0.25, -0.2) is 4.39 Å². The second-order valence-corrected chi connectivity index (χ2v) is 5.81. The maximum absolute atomic E-state index is 14.3. The number of rotatable bonds is 4. The van der Waals surface area contributed by atoms with E-state index in [-0.39, 0.29) is 11.9 Å². The summed E-state index contributed by atoms with van der Waals surface area (Å²) in [6.45, 7) is 3.99. The number of halogens is 1. The van der Waals surface area contributed by atoms with Crippen LogP contribution in [0.4, 0.5) is 4.39 Å². The van der Waals surface area contributed by atoms with Gasteiger partial charge in [0, 0.05) is 37.8 Å². The van der Waals surface area contributed by atoms with Gasteiger partial charge in [-0.05, 0) is 37.0 Å². The summed E-state index contributed by atoms with van der Waals surface area (Å²) in [6.07, 6.45) is 3.70. The molecule has 1 aromatic rings. The Bertz CT molecular complexity index is 456. The van der Waals surface area contributed by atoms with Crippen molar-refractivity contribution in [2.45, 2.75) is 25.3 Å². The van der Waals surface area contributed by atoms with Crippen molar-refractivity contribution >= 4 is 0 Å². The van der Waals surface area contributed by atoms with Gasteiger partial charge < -0.3 is 10.1 Å². The predicted molar refractivity (Wildman–Crippen MR) is 77.5 cm³/mol. The first-order chi connectivity index (χ1) is 9.79. The molecule has 0 unspecified atom stereocenters. The molecule has 1 saturated heterocycles. The van der Waals surface area contributed by atoms with Gasteiger partial charge in [0.1, 0.15) is 11.6 Å². The molecule has 0 bridgehead atoms. The summed E-state index contributed by atoms with van der Waals surface area (Å²) >= 11 is 0. The molecule has 110 valence electrons. The smallest absolute Gasteiger partial charge is 0.128 e. The molecule has 3 nitrogen and oxygen atoms in total. The van der Waals surface area contributed by atoms with Crippen molar-refractivity contribution < 1.29 is 9.13 Å². The van der Waals surface area contributed by atoms with E-state index in [9.17, 15) is 4.39 Å². The summed E-state index contributed by atoms with van der Waals surface area (Å²) in [4.78, 5) is 2.44. The lowest BCUT2D eigenvalue weighted by Crippen LogP contribution is -2.48. The van der Waals surface area contributed by atoms with Crippen molar-refractivity contribution in [3.63, 3.8) is 0 Å². The quantitative estimate of drug-likeness (QED) is 0.916. The fraction of sp³-hybridized carbons (Fsp3) is 0.625. The highest BCUT2D eigenvalue weighted by Crippen LogP contribution is 2.43. The van der Waals surface area contributed by atoms with Gasteiger partial charge in [-0.1, -0.05) is 6.42 Å². The van der Waals surface area contributed by atoms with E-state index in [1.807, 2.05) is 6.07 Å². The monoisotopic (exact) mass is 278 g/mol. The van der Waals surface area contributed by atoms with Gasteiger partial charge in [-0.2, -0.15) is 0 Å². The maximum Gasteiger partial charge on any atom is 0.128 e. The Labute approximate surface area is 120 Å². The minimum absolute atomic E-state index is 0.0961. The van der Waals surface area contributed by atoms with E-state index in [0.717, 1.165) is 37.5 Å². The first kappa shape index (κ1) is 13.8. The van der Waals surface area contributed by atoms with Crippen LogP contribution < -0.4 is 10.1 Å². The van der Waals surface area contributed by atoms with Crippen LogP contribution in [-0.4, -0.2) is 38.2 Å². The van der Waals surface area contributed by atoms with Crippen LogP contribution in [0.2, 0.25) is 0 Å². The number of methoxy groups -OCH3 is 1. The lowest BCUT2D eigenvalue weighted by Gasteiger charge is -2.43. The van der Waals surface area contributed by atoms with E-state index >= 15 is 0 Å². The third-order valence-electron chi connectivity index (χ3n) is 4.66. The minimum atomic E-state index is -0.0961. The fourth-order valence-electron chi connectivity index (χ4n) is 3.34. The fourth-order valence-corrected chi connectivity index (χ4v) is 3.34. The van der Waals surface area contributed by atoms with Crippen LogP contribution in [0, 0.1) is 11.7 Å². The Balaban J connectivity index is 1.91. The van der Waals surface area contributed by atoms with E-state index in [4.69, 9.17) is 4.74 Å². The number of nitrogens with one attached hydrogen (secondary N) is 1. The second kappa shape index (κ2) is 6.10. The number of benzene rings is 1. The first-order valence-electron chi connectivity index (χ1n) is 7.58. The van der Waals surface area contributed by atoms with Gasteiger partial charge >= 0.3 is 0 Å². The molecular weight excluding hydrogens is 255 g/mol. The number of hydrogen-bond acceptors (Lipinski definition) is 3. The van der Waals surface area contributed by atoms with Gasteiger partial charge in [0.25, 0.3) is 0 Å². The van der Waals surface area contributed by atoms with Crippen LogP contribution in [0.1, 0.15) is 30.9 Å². The van der Waals surface area contributed by atoms with Gasteiger partial charge in [0.15, 0.2) is 0 Å². The third-order valence-corrected chi connectivity index (χ3v) is 4.66. The molecule has 2 aliphatic rings. The average molecular weight is 278 g/mol. The molecule has 1 atom stereocenters. The highest BCUT2D eigenvalue weighted by molar-refractivity contribution is 5.32. The van der Waals surface area contributed by atoms with Crippen molar-refractivity contribution in [2.24, 2.45) is 5.92 Å². The molecule has 2 fully saturated rings. The van der Waals surface area contributed by atoms with E-state index in [1.54, 1.807) is 19.2 Å². The normalized spacial score (nSPS) is 22.3. The van der Waals surface area contributed by atoms with Gasteiger partial charge in [-0.15, -0.1) is 0 Å². The van der Waals surface area contributed by atoms with Crippen LogP contribution in [0.3, 0.4) is 0 Å². The summed E-state index contributed by atoms with van der Waals surface area (Å²) < 4.78 is 19.6. The Hall–Kier alpha value is -1.13. The number of ether oxygens (including phenoxy) is 1. The standard InChI is InChI=1S/C16H23FN2O/c1-20-13-5-6-15(17)14(11-13)16(12-3-2-4-12)19-9-7-18-8-10-19/h5-6,11-12,16,18H,2-4,7-10H2,1H3/t16-/m0/s1. The highest BCUT2D eigenvalue weighted by Gasteiger charge is 2.35. The van der Waals surface area contributed by atoms with Crippen LogP contribution >= 0.6 is 0 Å². The molecule has 0 amide bonds. The van der Waals surface area contributed by atoms with E-state index in [0.29, 0.717) is 5.92 Å². The van der Waals surface area contributed by atoms with Gasteiger partial charge in [0.2, 0.25) is 0 Å². The topological polar surface area (TPSA) is 24.5 Å². The zero-order valence-corrected chi connectivity index (χ0v) is 12.1. The summed E-state index contributed by atoms with van der Waals surface area (Å²) in [7, 11) is 1.64. The van der Waals surface area contributed by atoms with Crippen molar-refractivity contribution in [3.05, 3.63) is 29.6 Å². The van der Waals surface area contributed by atoms with Crippen LogP contribution in [0.15, 0.2) is 18.2 Å². The Kier molecular flexibility index (Phi) is 4.22. The second-order valence-electron chi connectivity index (χ2n) is 5.81. The van der Waals surface area contributed by atoms with Crippen molar-refractivity contribution in [2.75, 3.05) is 33.3 Å². The molecule has 4 heteroatoms. The zero-order valence-electron chi connectivity index (χ0n) is 12.1. The molecule has 1 aliphatic carbocycles. The Morgan fingerprint density at radius 1 is 1.30 bits per heavy atom. The zero-order chi connectivity index (χ0) is 13.9. The maximum atomic E-state index is 14.3. The summed E-state index contributed by atoms with van der Waals surface area (Å²) in [5, 5.41) is 3.37. The summed E-state index contributed by atoms with van der Waals surface area (Å²) in [5.74, 6) is 1.25. The number of hydrogen-bond donors (Lipinski definition) is 1. The van der Waals surface area contributed by atoms with Crippen LogP contribution in [0.25, 0.3) is 0 Å². The SMILES string of the molecule is COc1ccc(F)c([C@H](C2CCC2)N2CCNCC2)c1. The Morgan fingerprint density at radius 3 is 2.65 bits per heavy atom. The molecule has 1 N–H and O–H groups in total. The number of nitrogens with zero attached hydrogens (tertiary/aromatic N) is 1. The first-order valence-corrected chi connectivity index (χ1v) is 7.58. The highest BCUT2D eigenvalue weighted by atomic mass is 19.1. The largest absolute Gasteiger partial charge is 0.497 e. The molecule has 20 heavy (non-hydrogen) atoms. The molecule has 1 aromatic carbocycles. The van der Waals surface area contributed by atoms with Crippen molar-refractivity contribution in [1.82, 2.24) is 10.2 Å². The summed E-state index contributed by atoms with van der Waals surface area (Å²) in [5.41, 5.74) is 0.816. The predicted octanol–water partition coefficient (Wildman–Crippen LogP) is 2.58. The third kappa shape index (κ3) is 2.67. The molecule has 1 saturated carbocycles. The molecule has 1 heterocycles. The lowest BCUT2D eigenvalue weighted by molar-refractivity contribution is 0.0810. The van der Waals surface area contributed by atoms with Crippen LogP contribution in [-0.2, 0) is 0 Å². The van der Waals surface area contributed by atoms with Gasteiger partial charge in [-0.3, -0.25) is 4.90 Å². The number of piperazine rings is 1. The minimum Gasteiger partial charge on any atom is -0.497 e. The molecular formula is C16H23FN2O. The van der Waals surface area contributed by atoms with Gasteiger partial charge in [0.05, 0.1) is 7.11 Å². The molecule has 0 radical (unpaired) electrons. The van der Waals surface area contributed by atoms with E-state index in [2.05, 4.69) is 10.2 Å². The molecule has 3 rings (SSSR count). The van der Waals surface area contributed by atoms with Crippen molar-refractivity contribution in [1.29, 1.82) is 0 Å². The molecule has 1 aliphatic heterocycles. The Morgan fingerprint density at radius 2 is 2.05 bits per heavy atom. The molecule has 0 spiro atoms. The van der Waals surface area contributed by atoms with Crippen LogP contribution in [0.5, 0.6) is 5.75 Å². The average Bonchev–Trinajstić information content (AvgIpc) is 2.44. The van der Waals surface area contributed by atoms with E-state index in [1.165, 1.54) is 19.3 Å². The van der Waals surface area contributed by atoms with E-state index < -0.39 is 0 Å². The van der Waals surface area contributed by atoms with Crippen molar-refractivity contribution in [3.8, 4) is 5.75 Å². The molecule has 0 aromatic heterocycles. The summed E-state index contributed by atoms with van der Waals surface area (Å²) in [6, 6.07) is 5.34. The lowest BCUT2D eigenvalue weighted by atomic mass is 9.76.